The number of nitrogens with one attached hydrogen (secondary N) is 1. The van der Waals surface area contributed by atoms with E-state index in [9.17, 15) is 14.9 Å². The number of amides is 1. The van der Waals surface area contributed by atoms with Crippen LogP contribution in [0.1, 0.15) is 21.5 Å². The van der Waals surface area contributed by atoms with Crippen LogP contribution in [0.2, 0.25) is 0 Å². The second kappa shape index (κ2) is 10.4. The summed E-state index contributed by atoms with van der Waals surface area (Å²) < 4.78 is 11.9. The van der Waals surface area contributed by atoms with Crippen LogP contribution in [-0.4, -0.2) is 24.2 Å². The molecule has 0 aliphatic rings. The predicted molar refractivity (Wildman–Crippen MR) is 120 cm³/mol. The molecule has 158 valence electrons. The lowest BCUT2D eigenvalue weighted by molar-refractivity contribution is -0.385. The van der Waals surface area contributed by atoms with Crippen molar-refractivity contribution in [1.82, 2.24) is 5.43 Å². The molecule has 8 nitrogen and oxygen atoms in total. The van der Waals surface area contributed by atoms with Crippen LogP contribution in [-0.2, 0) is 6.61 Å². The molecule has 0 unspecified atom stereocenters. The zero-order chi connectivity index (χ0) is 22.2. The number of carbonyl (C=O) groups excluding carboxylic acids is 1. The average Bonchev–Trinajstić information content (AvgIpc) is 2.78. The zero-order valence-electron chi connectivity index (χ0n) is 16.4. The van der Waals surface area contributed by atoms with E-state index in [1.807, 2.05) is 30.3 Å². The van der Waals surface area contributed by atoms with Gasteiger partial charge >= 0.3 is 0 Å². The van der Waals surface area contributed by atoms with Crippen molar-refractivity contribution >= 4 is 33.7 Å². The molecule has 0 saturated heterocycles. The molecule has 3 rings (SSSR count). The van der Waals surface area contributed by atoms with Gasteiger partial charge in [-0.2, -0.15) is 5.10 Å². The molecule has 0 bridgehead atoms. The van der Waals surface area contributed by atoms with Crippen molar-refractivity contribution in [3.05, 3.63) is 98.0 Å². The molecule has 0 atom stereocenters. The second-order valence-electron chi connectivity index (χ2n) is 6.30. The highest BCUT2D eigenvalue weighted by atomic mass is 79.9. The molecule has 0 fully saturated rings. The molecule has 0 aliphatic carbocycles. The van der Waals surface area contributed by atoms with Gasteiger partial charge < -0.3 is 9.47 Å². The van der Waals surface area contributed by atoms with Crippen molar-refractivity contribution in [2.45, 2.75) is 6.61 Å². The van der Waals surface area contributed by atoms with Crippen molar-refractivity contribution in [1.29, 1.82) is 0 Å². The molecule has 0 radical (unpaired) electrons. The molecule has 3 aromatic rings. The van der Waals surface area contributed by atoms with Crippen LogP contribution in [0, 0.1) is 10.1 Å². The lowest BCUT2D eigenvalue weighted by atomic mass is 10.1. The first-order valence-corrected chi connectivity index (χ1v) is 9.89. The number of rotatable bonds is 8. The third-order valence-electron chi connectivity index (χ3n) is 4.22. The van der Waals surface area contributed by atoms with E-state index >= 15 is 0 Å². The minimum atomic E-state index is -0.549. The average molecular weight is 484 g/mol. The smallest absolute Gasteiger partial charge is 0.282 e. The number of halogens is 1. The van der Waals surface area contributed by atoms with Crippen molar-refractivity contribution in [3.8, 4) is 11.5 Å². The maximum absolute atomic E-state index is 12.1. The first-order valence-electron chi connectivity index (χ1n) is 9.10. The van der Waals surface area contributed by atoms with Crippen molar-refractivity contribution in [3.63, 3.8) is 0 Å². The van der Waals surface area contributed by atoms with Gasteiger partial charge in [-0.1, -0.05) is 46.3 Å². The summed E-state index contributed by atoms with van der Waals surface area (Å²) >= 11 is 3.30. The molecule has 0 aromatic heterocycles. The molecule has 0 saturated carbocycles. The number of hydrazone groups is 1. The number of carbonyl (C=O) groups is 1. The van der Waals surface area contributed by atoms with Gasteiger partial charge in [0, 0.05) is 10.0 Å². The molecule has 31 heavy (non-hydrogen) atoms. The number of nitro benzene ring substituents is 1. The van der Waals surface area contributed by atoms with Crippen LogP contribution >= 0.6 is 15.9 Å². The van der Waals surface area contributed by atoms with Gasteiger partial charge in [0.25, 0.3) is 11.6 Å². The van der Waals surface area contributed by atoms with E-state index in [1.54, 1.807) is 24.3 Å². The number of ether oxygens (including phenoxy) is 2. The summed E-state index contributed by atoms with van der Waals surface area (Å²) in [6, 6.07) is 18.8. The SMILES string of the molecule is COc1cc(/C=N\NC(=O)c2ccc(Br)cc2)c([N+](=O)[O-])cc1OCc1ccccc1. The highest BCUT2D eigenvalue weighted by Crippen LogP contribution is 2.34. The molecular formula is C22H18BrN3O5. The zero-order valence-corrected chi connectivity index (χ0v) is 18.0. The van der Waals surface area contributed by atoms with Gasteiger partial charge in [-0.05, 0) is 35.9 Å². The first kappa shape index (κ1) is 22.0. The van der Waals surface area contributed by atoms with Crippen LogP contribution in [0.3, 0.4) is 0 Å². The van der Waals surface area contributed by atoms with E-state index in [0.717, 1.165) is 10.0 Å². The van der Waals surface area contributed by atoms with E-state index in [2.05, 4.69) is 26.5 Å². The number of nitrogens with zero attached hydrogens (tertiary/aromatic N) is 2. The predicted octanol–water partition coefficient (Wildman–Crippen LogP) is 4.71. The van der Waals surface area contributed by atoms with Gasteiger partial charge in [0.05, 0.1) is 29.9 Å². The number of benzene rings is 3. The number of nitro groups is 1. The van der Waals surface area contributed by atoms with Gasteiger partial charge in [0.15, 0.2) is 11.5 Å². The molecule has 1 amide bonds. The molecule has 1 N–H and O–H groups in total. The molecule has 9 heteroatoms. The number of methoxy groups -OCH3 is 1. The van der Waals surface area contributed by atoms with Crippen molar-refractivity contribution in [2.24, 2.45) is 5.10 Å². The maximum atomic E-state index is 12.1. The standard InChI is InChI=1S/C22H18BrN3O5/c1-30-20-11-17(13-24-25-22(27)16-7-9-18(23)10-8-16)19(26(28)29)12-21(20)31-14-15-5-3-2-4-6-15/h2-13H,14H2,1H3,(H,25,27)/b24-13-. The van der Waals surface area contributed by atoms with Gasteiger partial charge in [0.2, 0.25) is 0 Å². The fraction of sp³-hybridized carbons (Fsp3) is 0.0909. The Balaban J connectivity index is 1.79. The highest BCUT2D eigenvalue weighted by molar-refractivity contribution is 9.10. The lowest BCUT2D eigenvalue weighted by Crippen LogP contribution is -2.17. The Morgan fingerprint density at radius 1 is 1.13 bits per heavy atom. The fourth-order valence-electron chi connectivity index (χ4n) is 2.66. The summed E-state index contributed by atoms with van der Waals surface area (Å²) in [5.74, 6) is 0.0949. The van der Waals surface area contributed by atoms with Gasteiger partial charge in [0.1, 0.15) is 6.61 Å². The minimum Gasteiger partial charge on any atom is -0.493 e. The van der Waals surface area contributed by atoms with Crippen molar-refractivity contribution < 1.29 is 19.2 Å². The molecular weight excluding hydrogens is 466 g/mol. The number of hydrogen-bond acceptors (Lipinski definition) is 6. The Morgan fingerprint density at radius 3 is 2.48 bits per heavy atom. The molecule has 0 spiro atoms. The van der Waals surface area contributed by atoms with E-state index in [0.29, 0.717) is 11.3 Å². The van der Waals surface area contributed by atoms with Crippen LogP contribution in [0.4, 0.5) is 5.69 Å². The van der Waals surface area contributed by atoms with E-state index in [-0.39, 0.29) is 23.6 Å². The highest BCUT2D eigenvalue weighted by Gasteiger charge is 2.19. The normalized spacial score (nSPS) is 10.6. The Hall–Kier alpha value is -3.72. The van der Waals surface area contributed by atoms with E-state index in [1.165, 1.54) is 25.5 Å². The van der Waals surface area contributed by atoms with Gasteiger partial charge in [-0.25, -0.2) is 5.43 Å². The summed E-state index contributed by atoms with van der Waals surface area (Å²) in [5.41, 5.74) is 3.59. The second-order valence-corrected chi connectivity index (χ2v) is 7.21. The molecule has 3 aromatic carbocycles. The summed E-state index contributed by atoms with van der Waals surface area (Å²) in [5, 5.41) is 15.4. The Morgan fingerprint density at radius 2 is 1.84 bits per heavy atom. The first-order chi connectivity index (χ1) is 15.0. The monoisotopic (exact) mass is 483 g/mol. The van der Waals surface area contributed by atoms with Crippen LogP contribution in [0.25, 0.3) is 0 Å². The summed E-state index contributed by atoms with van der Waals surface area (Å²) in [6.07, 6.45) is 1.19. The van der Waals surface area contributed by atoms with Crippen LogP contribution in [0.15, 0.2) is 76.3 Å². The largest absolute Gasteiger partial charge is 0.493 e. The topological polar surface area (TPSA) is 103 Å². The maximum Gasteiger partial charge on any atom is 0.282 e. The Labute approximate surface area is 186 Å². The Kier molecular flexibility index (Phi) is 7.34. The fourth-order valence-corrected chi connectivity index (χ4v) is 2.92. The van der Waals surface area contributed by atoms with Gasteiger partial charge in [-0.15, -0.1) is 0 Å². The van der Waals surface area contributed by atoms with Crippen LogP contribution in [0.5, 0.6) is 11.5 Å². The van der Waals surface area contributed by atoms with Crippen molar-refractivity contribution in [2.75, 3.05) is 7.11 Å². The summed E-state index contributed by atoms with van der Waals surface area (Å²) in [7, 11) is 1.44. The lowest BCUT2D eigenvalue weighted by Gasteiger charge is -2.12. The summed E-state index contributed by atoms with van der Waals surface area (Å²) in [4.78, 5) is 23.1. The van der Waals surface area contributed by atoms with Gasteiger partial charge in [-0.3, -0.25) is 14.9 Å². The summed E-state index contributed by atoms with van der Waals surface area (Å²) in [6.45, 7) is 0.227. The van der Waals surface area contributed by atoms with E-state index in [4.69, 9.17) is 9.47 Å². The van der Waals surface area contributed by atoms with E-state index < -0.39 is 10.8 Å². The number of hydrogen-bond donors (Lipinski definition) is 1. The minimum absolute atomic E-state index is 0.157. The van der Waals surface area contributed by atoms with Crippen LogP contribution < -0.4 is 14.9 Å². The quantitative estimate of drug-likeness (QED) is 0.284. The Bertz CT molecular complexity index is 1100. The molecule has 0 heterocycles. The third-order valence-corrected chi connectivity index (χ3v) is 4.75. The third kappa shape index (κ3) is 5.89. The molecule has 0 aliphatic heterocycles.